The molecule has 1 saturated carbocycles. The maximum absolute atomic E-state index is 12.4. The highest BCUT2D eigenvalue weighted by molar-refractivity contribution is 5.96. The topological polar surface area (TPSA) is 72.9 Å². The molecule has 6 heteroatoms. The standard InChI is InChI=1S/C14H21NO5/c1-14(2,3)20-11(16)8-10(9-4-5-9)12(17)15-6-7-19-13(15)18/h9-10H,4-8H2,1-3H3. The van der Waals surface area contributed by atoms with E-state index >= 15 is 0 Å². The molecule has 20 heavy (non-hydrogen) atoms. The van der Waals surface area contributed by atoms with Crippen LogP contribution in [0.15, 0.2) is 0 Å². The van der Waals surface area contributed by atoms with Gasteiger partial charge in [-0.1, -0.05) is 0 Å². The molecule has 0 aromatic heterocycles. The number of hydrogen-bond acceptors (Lipinski definition) is 5. The van der Waals surface area contributed by atoms with Crippen LogP contribution in [0, 0.1) is 11.8 Å². The van der Waals surface area contributed by atoms with E-state index in [-0.39, 0.29) is 31.4 Å². The molecule has 1 unspecified atom stereocenters. The minimum atomic E-state index is -0.607. The van der Waals surface area contributed by atoms with E-state index in [2.05, 4.69) is 0 Å². The van der Waals surface area contributed by atoms with Gasteiger partial charge in [-0.25, -0.2) is 9.69 Å². The summed E-state index contributed by atoms with van der Waals surface area (Å²) in [6.45, 7) is 5.87. The number of esters is 1. The summed E-state index contributed by atoms with van der Waals surface area (Å²) in [6, 6.07) is 0. The van der Waals surface area contributed by atoms with Crippen molar-refractivity contribution in [1.29, 1.82) is 0 Å². The van der Waals surface area contributed by atoms with Crippen molar-refractivity contribution in [1.82, 2.24) is 4.90 Å². The number of cyclic esters (lactones) is 1. The van der Waals surface area contributed by atoms with E-state index in [9.17, 15) is 14.4 Å². The lowest BCUT2D eigenvalue weighted by atomic mass is 9.98. The fourth-order valence-corrected chi connectivity index (χ4v) is 2.31. The third-order valence-electron chi connectivity index (χ3n) is 3.34. The summed E-state index contributed by atoms with van der Waals surface area (Å²) < 4.78 is 10.0. The van der Waals surface area contributed by atoms with Crippen molar-refractivity contribution in [2.24, 2.45) is 11.8 Å². The maximum atomic E-state index is 12.4. The Morgan fingerprint density at radius 2 is 2.05 bits per heavy atom. The Labute approximate surface area is 118 Å². The Morgan fingerprint density at radius 1 is 1.40 bits per heavy atom. The van der Waals surface area contributed by atoms with Crippen LogP contribution in [-0.2, 0) is 19.1 Å². The smallest absolute Gasteiger partial charge is 0.416 e. The van der Waals surface area contributed by atoms with Crippen molar-refractivity contribution in [2.75, 3.05) is 13.2 Å². The monoisotopic (exact) mass is 283 g/mol. The molecule has 2 fully saturated rings. The van der Waals surface area contributed by atoms with Gasteiger partial charge in [-0.15, -0.1) is 0 Å². The first-order chi connectivity index (χ1) is 9.28. The zero-order valence-corrected chi connectivity index (χ0v) is 12.2. The molecule has 1 aliphatic carbocycles. The van der Waals surface area contributed by atoms with E-state index in [1.807, 2.05) is 0 Å². The molecule has 0 radical (unpaired) electrons. The molecule has 0 spiro atoms. The fraction of sp³-hybridized carbons (Fsp3) is 0.786. The molecular weight excluding hydrogens is 262 g/mol. The van der Waals surface area contributed by atoms with Crippen LogP contribution in [0.3, 0.4) is 0 Å². The second-order valence-electron chi connectivity index (χ2n) is 6.34. The molecule has 6 nitrogen and oxygen atoms in total. The van der Waals surface area contributed by atoms with Crippen LogP contribution in [0.5, 0.6) is 0 Å². The maximum Gasteiger partial charge on any atom is 0.416 e. The first-order valence-electron chi connectivity index (χ1n) is 6.98. The molecule has 1 atom stereocenters. The lowest BCUT2D eigenvalue weighted by molar-refractivity contribution is -0.158. The van der Waals surface area contributed by atoms with Crippen LogP contribution < -0.4 is 0 Å². The van der Waals surface area contributed by atoms with Gasteiger partial charge in [0.05, 0.1) is 18.9 Å². The van der Waals surface area contributed by atoms with Crippen LogP contribution >= 0.6 is 0 Å². The van der Waals surface area contributed by atoms with E-state index in [4.69, 9.17) is 9.47 Å². The summed E-state index contributed by atoms with van der Waals surface area (Å²) in [5.74, 6) is -0.977. The predicted molar refractivity (Wildman–Crippen MR) is 69.7 cm³/mol. The Balaban J connectivity index is 1.98. The lowest BCUT2D eigenvalue weighted by Crippen LogP contribution is -2.39. The molecule has 1 aliphatic heterocycles. The zero-order valence-electron chi connectivity index (χ0n) is 12.2. The molecule has 0 aromatic rings. The average Bonchev–Trinajstić information content (AvgIpc) is 3.05. The van der Waals surface area contributed by atoms with Gasteiger partial charge in [-0.3, -0.25) is 9.59 Å². The summed E-state index contributed by atoms with van der Waals surface area (Å²) in [6.07, 6.45) is 1.26. The van der Waals surface area contributed by atoms with Gasteiger partial charge < -0.3 is 9.47 Å². The van der Waals surface area contributed by atoms with Gasteiger partial charge in [0.2, 0.25) is 5.91 Å². The van der Waals surface area contributed by atoms with Gasteiger partial charge in [0.1, 0.15) is 12.2 Å². The van der Waals surface area contributed by atoms with Crippen LogP contribution in [0.25, 0.3) is 0 Å². The molecule has 1 saturated heterocycles. The largest absolute Gasteiger partial charge is 0.460 e. The van der Waals surface area contributed by atoms with E-state index < -0.39 is 23.6 Å². The Hall–Kier alpha value is -1.59. The van der Waals surface area contributed by atoms with E-state index in [1.165, 1.54) is 0 Å². The van der Waals surface area contributed by atoms with Crippen molar-refractivity contribution in [2.45, 2.75) is 45.6 Å². The third kappa shape index (κ3) is 3.71. The number of nitrogens with zero attached hydrogens (tertiary/aromatic N) is 1. The summed E-state index contributed by atoms with van der Waals surface area (Å²) >= 11 is 0. The second-order valence-corrected chi connectivity index (χ2v) is 6.34. The Bertz CT molecular complexity index is 422. The fourth-order valence-electron chi connectivity index (χ4n) is 2.31. The number of carbonyl (C=O) groups excluding carboxylic acids is 3. The predicted octanol–water partition coefficient (Wildman–Crippen LogP) is 1.72. The van der Waals surface area contributed by atoms with Crippen molar-refractivity contribution < 1.29 is 23.9 Å². The Morgan fingerprint density at radius 3 is 2.50 bits per heavy atom. The number of carbonyl (C=O) groups is 3. The molecule has 2 rings (SSSR count). The summed E-state index contributed by atoms with van der Waals surface area (Å²) in [5, 5.41) is 0. The summed E-state index contributed by atoms with van der Waals surface area (Å²) in [4.78, 5) is 36.8. The molecule has 112 valence electrons. The van der Waals surface area contributed by atoms with Crippen molar-refractivity contribution in [3.8, 4) is 0 Å². The molecule has 1 heterocycles. The van der Waals surface area contributed by atoms with Gasteiger partial charge in [-0.05, 0) is 39.5 Å². The SMILES string of the molecule is CC(C)(C)OC(=O)CC(C(=O)N1CCOC1=O)C1CC1. The first-order valence-corrected chi connectivity index (χ1v) is 6.98. The average molecular weight is 283 g/mol. The zero-order chi connectivity index (χ0) is 14.9. The van der Waals surface area contributed by atoms with Gasteiger partial charge in [-0.2, -0.15) is 0 Å². The molecule has 0 N–H and O–H groups in total. The van der Waals surface area contributed by atoms with E-state index in [0.717, 1.165) is 17.7 Å². The molecule has 0 bridgehead atoms. The third-order valence-corrected chi connectivity index (χ3v) is 3.34. The number of amides is 2. The van der Waals surface area contributed by atoms with E-state index in [1.54, 1.807) is 20.8 Å². The highest BCUT2D eigenvalue weighted by Crippen LogP contribution is 2.40. The normalized spacial score (nSPS) is 20.6. The molecular formula is C14H21NO5. The number of hydrogen-bond donors (Lipinski definition) is 0. The lowest BCUT2D eigenvalue weighted by Gasteiger charge is -2.23. The van der Waals surface area contributed by atoms with Crippen molar-refractivity contribution in [3.63, 3.8) is 0 Å². The molecule has 0 aromatic carbocycles. The molecule has 2 aliphatic rings. The quantitative estimate of drug-likeness (QED) is 0.735. The molecule has 2 amide bonds. The summed E-state index contributed by atoms with van der Waals surface area (Å²) in [5.41, 5.74) is -0.569. The van der Waals surface area contributed by atoms with Gasteiger partial charge in [0.25, 0.3) is 0 Å². The van der Waals surface area contributed by atoms with Gasteiger partial charge in [0, 0.05) is 0 Å². The van der Waals surface area contributed by atoms with Crippen molar-refractivity contribution >= 4 is 18.0 Å². The van der Waals surface area contributed by atoms with Gasteiger partial charge >= 0.3 is 12.1 Å². The first kappa shape index (κ1) is 14.8. The van der Waals surface area contributed by atoms with Crippen LogP contribution in [-0.4, -0.2) is 41.6 Å². The highest BCUT2D eigenvalue weighted by atomic mass is 16.6. The second kappa shape index (κ2) is 5.42. The number of imide groups is 1. The minimum absolute atomic E-state index is 0.0323. The van der Waals surface area contributed by atoms with Crippen molar-refractivity contribution in [3.05, 3.63) is 0 Å². The Kier molecular flexibility index (Phi) is 4.01. The van der Waals surface area contributed by atoms with Gasteiger partial charge in [0.15, 0.2) is 0 Å². The number of ether oxygens (including phenoxy) is 2. The summed E-state index contributed by atoms with van der Waals surface area (Å²) in [7, 11) is 0. The minimum Gasteiger partial charge on any atom is -0.460 e. The van der Waals surface area contributed by atoms with Crippen LogP contribution in [0.2, 0.25) is 0 Å². The van der Waals surface area contributed by atoms with E-state index in [0.29, 0.717) is 0 Å². The van der Waals surface area contributed by atoms with Crippen LogP contribution in [0.1, 0.15) is 40.0 Å². The highest BCUT2D eigenvalue weighted by Gasteiger charge is 2.43. The number of rotatable bonds is 4. The van der Waals surface area contributed by atoms with Crippen LogP contribution in [0.4, 0.5) is 4.79 Å².